The zero-order valence-corrected chi connectivity index (χ0v) is 14.5. The van der Waals surface area contributed by atoms with Crippen molar-refractivity contribution < 1.29 is 18.7 Å². The number of halogens is 2. The minimum absolute atomic E-state index is 0.0222. The number of carbonyl (C=O) groups is 1. The molecule has 1 fully saturated rings. The molecule has 0 radical (unpaired) electrons. The van der Waals surface area contributed by atoms with E-state index in [1.54, 1.807) is 19.1 Å². The summed E-state index contributed by atoms with van der Waals surface area (Å²) < 4.78 is 26.6. The van der Waals surface area contributed by atoms with Crippen molar-refractivity contribution in [2.75, 3.05) is 36.4 Å². The van der Waals surface area contributed by atoms with Crippen LogP contribution in [0.1, 0.15) is 6.92 Å². The zero-order valence-electron chi connectivity index (χ0n) is 14.5. The summed E-state index contributed by atoms with van der Waals surface area (Å²) in [6.45, 7) is 4.62. The van der Waals surface area contributed by atoms with Crippen molar-refractivity contribution in [2.24, 2.45) is 0 Å². The summed E-state index contributed by atoms with van der Waals surface area (Å²) in [5, 5.41) is 11.9. The average molecular weight is 361 g/mol. The quantitative estimate of drug-likeness (QED) is 0.879. The van der Waals surface area contributed by atoms with Gasteiger partial charge in [0.05, 0.1) is 11.7 Å². The van der Waals surface area contributed by atoms with E-state index >= 15 is 0 Å². The van der Waals surface area contributed by atoms with E-state index < -0.39 is 17.7 Å². The molecule has 1 amide bonds. The topological polar surface area (TPSA) is 55.8 Å². The normalized spacial score (nSPS) is 16.3. The third-order valence-corrected chi connectivity index (χ3v) is 4.65. The molecule has 26 heavy (non-hydrogen) atoms. The van der Waals surface area contributed by atoms with Crippen LogP contribution in [0.5, 0.6) is 5.75 Å². The van der Waals surface area contributed by atoms with E-state index in [9.17, 15) is 18.7 Å². The molecule has 138 valence electrons. The van der Waals surface area contributed by atoms with Crippen molar-refractivity contribution in [3.63, 3.8) is 0 Å². The maximum Gasteiger partial charge on any atom is 0.241 e. The predicted octanol–water partition coefficient (Wildman–Crippen LogP) is 2.82. The number of nitrogens with zero attached hydrogens (tertiary/aromatic N) is 2. The Hall–Kier alpha value is -2.67. The van der Waals surface area contributed by atoms with E-state index in [0.29, 0.717) is 13.1 Å². The first kappa shape index (κ1) is 18.1. The van der Waals surface area contributed by atoms with Gasteiger partial charge in [0, 0.05) is 37.9 Å². The van der Waals surface area contributed by atoms with Gasteiger partial charge in [0.1, 0.15) is 17.4 Å². The van der Waals surface area contributed by atoms with Gasteiger partial charge in [-0.15, -0.1) is 0 Å². The molecule has 3 rings (SSSR count). The first-order chi connectivity index (χ1) is 12.4. The van der Waals surface area contributed by atoms with Gasteiger partial charge in [-0.1, -0.05) is 0 Å². The van der Waals surface area contributed by atoms with E-state index in [4.69, 9.17) is 0 Å². The molecule has 5 nitrogen and oxygen atoms in total. The van der Waals surface area contributed by atoms with Crippen molar-refractivity contribution in [1.29, 1.82) is 0 Å². The molecule has 1 saturated heterocycles. The van der Waals surface area contributed by atoms with Gasteiger partial charge in [-0.2, -0.15) is 0 Å². The summed E-state index contributed by atoms with van der Waals surface area (Å²) >= 11 is 0. The molecule has 2 N–H and O–H groups in total. The van der Waals surface area contributed by atoms with Gasteiger partial charge < -0.3 is 15.3 Å². The van der Waals surface area contributed by atoms with E-state index in [-0.39, 0.29) is 17.3 Å². The highest BCUT2D eigenvalue weighted by Gasteiger charge is 2.26. The SMILES string of the molecule is C[C@H](C(=O)Nc1ccc(F)cc1F)N1CCN(c2ccc(O)cc2)CC1. The van der Waals surface area contributed by atoms with E-state index in [2.05, 4.69) is 10.2 Å². The van der Waals surface area contributed by atoms with Crippen LogP contribution >= 0.6 is 0 Å². The molecule has 7 heteroatoms. The van der Waals surface area contributed by atoms with Crippen LogP contribution in [-0.4, -0.2) is 48.1 Å². The van der Waals surface area contributed by atoms with Gasteiger partial charge in [0.25, 0.3) is 0 Å². The van der Waals surface area contributed by atoms with Crippen LogP contribution in [0.3, 0.4) is 0 Å². The van der Waals surface area contributed by atoms with Crippen LogP contribution in [0.15, 0.2) is 42.5 Å². The molecule has 1 atom stereocenters. The highest BCUT2D eigenvalue weighted by atomic mass is 19.1. The lowest BCUT2D eigenvalue weighted by atomic mass is 10.2. The number of hydrogen-bond donors (Lipinski definition) is 2. The molecule has 1 aliphatic rings. The van der Waals surface area contributed by atoms with Crippen molar-refractivity contribution in [3.8, 4) is 5.75 Å². The number of phenols is 1. The summed E-state index contributed by atoms with van der Waals surface area (Å²) in [5.41, 5.74) is 0.999. The summed E-state index contributed by atoms with van der Waals surface area (Å²) in [6.07, 6.45) is 0. The number of benzene rings is 2. The molecule has 0 unspecified atom stereocenters. The monoisotopic (exact) mass is 361 g/mol. The Morgan fingerprint density at radius 1 is 1.08 bits per heavy atom. The van der Waals surface area contributed by atoms with Gasteiger partial charge >= 0.3 is 0 Å². The summed E-state index contributed by atoms with van der Waals surface area (Å²) in [4.78, 5) is 16.6. The van der Waals surface area contributed by atoms with Crippen molar-refractivity contribution in [2.45, 2.75) is 13.0 Å². The van der Waals surface area contributed by atoms with E-state index in [1.165, 1.54) is 6.07 Å². The molecular formula is C19H21F2N3O2. The van der Waals surface area contributed by atoms with Crippen molar-refractivity contribution in [3.05, 3.63) is 54.1 Å². The maximum absolute atomic E-state index is 13.7. The fourth-order valence-electron chi connectivity index (χ4n) is 3.02. The standard InChI is InChI=1S/C19H21F2N3O2/c1-13(19(26)22-18-7-2-14(20)12-17(18)21)23-8-10-24(11-9-23)15-3-5-16(25)6-4-15/h2-7,12-13,25H,8-11H2,1H3,(H,22,26)/t13-/m1/s1. The summed E-state index contributed by atoms with van der Waals surface area (Å²) in [6, 6.07) is 9.66. The number of nitrogens with one attached hydrogen (secondary N) is 1. The Balaban J connectivity index is 1.56. The Kier molecular flexibility index (Phi) is 5.37. The largest absolute Gasteiger partial charge is 0.508 e. The molecule has 0 aliphatic carbocycles. The van der Waals surface area contributed by atoms with E-state index in [1.807, 2.05) is 17.0 Å². The molecule has 0 bridgehead atoms. The lowest BCUT2D eigenvalue weighted by Crippen LogP contribution is -2.52. The molecule has 0 aromatic heterocycles. The number of piperazine rings is 1. The minimum Gasteiger partial charge on any atom is -0.508 e. The smallest absolute Gasteiger partial charge is 0.241 e. The van der Waals surface area contributed by atoms with Crippen LogP contribution in [-0.2, 0) is 4.79 Å². The van der Waals surface area contributed by atoms with Gasteiger partial charge in [-0.3, -0.25) is 9.69 Å². The Labute approximate surface area is 150 Å². The van der Waals surface area contributed by atoms with Gasteiger partial charge in [0.15, 0.2) is 0 Å². The first-order valence-corrected chi connectivity index (χ1v) is 8.48. The number of phenolic OH excluding ortho intramolecular Hbond substituents is 1. The second-order valence-electron chi connectivity index (χ2n) is 6.33. The number of hydrogen-bond acceptors (Lipinski definition) is 4. The van der Waals surface area contributed by atoms with Gasteiger partial charge in [-0.05, 0) is 43.3 Å². The van der Waals surface area contributed by atoms with Crippen LogP contribution in [0.25, 0.3) is 0 Å². The Bertz CT molecular complexity index is 775. The number of amides is 1. The minimum atomic E-state index is -0.789. The summed E-state index contributed by atoms with van der Waals surface area (Å²) in [5.74, 6) is -1.57. The zero-order chi connectivity index (χ0) is 18.7. The maximum atomic E-state index is 13.7. The molecule has 1 aliphatic heterocycles. The second-order valence-corrected chi connectivity index (χ2v) is 6.33. The number of rotatable bonds is 4. The average Bonchev–Trinajstić information content (AvgIpc) is 2.64. The molecule has 2 aromatic carbocycles. The fourth-order valence-corrected chi connectivity index (χ4v) is 3.02. The summed E-state index contributed by atoms with van der Waals surface area (Å²) in [7, 11) is 0. The highest BCUT2D eigenvalue weighted by Crippen LogP contribution is 2.21. The second kappa shape index (κ2) is 7.70. The lowest BCUT2D eigenvalue weighted by Gasteiger charge is -2.38. The predicted molar refractivity (Wildman–Crippen MR) is 96.3 cm³/mol. The van der Waals surface area contributed by atoms with Crippen LogP contribution in [0.4, 0.5) is 20.2 Å². The molecule has 0 spiro atoms. The van der Waals surface area contributed by atoms with Gasteiger partial charge in [-0.25, -0.2) is 8.78 Å². The van der Waals surface area contributed by atoms with Crippen LogP contribution in [0, 0.1) is 11.6 Å². The highest BCUT2D eigenvalue weighted by molar-refractivity contribution is 5.94. The molecule has 2 aromatic rings. The Morgan fingerprint density at radius 3 is 2.35 bits per heavy atom. The van der Waals surface area contributed by atoms with Gasteiger partial charge in [0.2, 0.25) is 5.91 Å². The Morgan fingerprint density at radius 2 is 1.73 bits per heavy atom. The fraction of sp³-hybridized carbons (Fsp3) is 0.316. The lowest BCUT2D eigenvalue weighted by molar-refractivity contribution is -0.120. The first-order valence-electron chi connectivity index (χ1n) is 8.48. The molecule has 0 saturated carbocycles. The third-order valence-electron chi connectivity index (χ3n) is 4.65. The van der Waals surface area contributed by atoms with Crippen molar-refractivity contribution in [1.82, 2.24) is 4.90 Å². The third kappa shape index (κ3) is 4.11. The molecule has 1 heterocycles. The number of aromatic hydroxyl groups is 1. The number of carbonyl (C=O) groups excluding carboxylic acids is 1. The van der Waals surface area contributed by atoms with Crippen molar-refractivity contribution >= 4 is 17.3 Å². The van der Waals surface area contributed by atoms with Crippen LogP contribution in [0.2, 0.25) is 0 Å². The number of anilines is 2. The molecular weight excluding hydrogens is 340 g/mol. The van der Waals surface area contributed by atoms with Crippen LogP contribution < -0.4 is 10.2 Å². The van der Waals surface area contributed by atoms with E-state index in [0.717, 1.165) is 30.9 Å².